The summed E-state index contributed by atoms with van der Waals surface area (Å²) in [6.07, 6.45) is 3.65. The average molecular weight is 417 g/mol. The Bertz CT molecular complexity index is 981. The van der Waals surface area contributed by atoms with Crippen LogP contribution in [-0.2, 0) is 21.2 Å². The molecule has 154 valence electrons. The second-order valence-corrected chi connectivity index (χ2v) is 8.89. The number of carbonyl (C=O) groups excluding carboxylic acids is 1. The van der Waals surface area contributed by atoms with Gasteiger partial charge in [-0.15, -0.1) is 0 Å². The van der Waals surface area contributed by atoms with Gasteiger partial charge in [0.2, 0.25) is 15.9 Å². The van der Waals surface area contributed by atoms with Gasteiger partial charge in [0.05, 0.1) is 16.2 Å². The van der Waals surface area contributed by atoms with E-state index in [-0.39, 0.29) is 17.0 Å². The fourth-order valence-corrected chi connectivity index (χ4v) is 4.88. The minimum atomic E-state index is -3.55. The number of hydrogen-bond donors (Lipinski definition) is 1. The summed E-state index contributed by atoms with van der Waals surface area (Å²) in [5.41, 5.74) is 0.639. The van der Waals surface area contributed by atoms with E-state index in [1.165, 1.54) is 40.7 Å². The van der Waals surface area contributed by atoms with Crippen LogP contribution < -0.4 is 5.32 Å². The maximum absolute atomic E-state index is 12.8. The molecule has 0 spiro atoms. The Balaban J connectivity index is 1.67. The number of benzene rings is 2. The summed E-state index contributed by atoms with van der Waals surface area (Å²) < 4.78 is 27.1. The molecule has 1 amide bonds. The van der Waals surface area contributed by atoms with Crippen LogP contribution in [0.2, 0.25) is 0 Å². The molecule has 8 nitrogen and oxygen atoms in total. The van der Waals surface area contributed by atoms with E-state index in [1.54, 1.807) is 12.1 Å². The summed E-state index contributed by atoms with van der Waals surface area (Å²) in [7, 11) is -3.55. The number of nitro groups is 1. The van der Waals surface area contributed by atoms with Crippen molar-refractivity contribution in [1.29, 1.82) is 0 Å². The van der Waals surface area contributed by atoms with Crippen molar-refractivity contribution >= 4 is 27.3 Å². The Morgan fingerprint density at radius 2 is 1.62 bits per heavy atom. The molecule has 1 fully saturated rings. The standard InChI is InChI=1S/C20H23N3O5S/c24-20(15-16-7-3-4-8-19(16)23(25)26)21-17-9-11-18(12-10-17)29(27,28)22-13-5-1-2-6-14-22/h3-4,7-12H,1-2,5-6,13-15H2,(H,21,24). The highest BCUT2D eigenvalue weighted by molar-refractivity contribution is 7.89. The Kier molecular flexibility index (Phi) is 6.60. The highest BCUT2D eigenvalue weighted by Crippen LogP contribution is 2.22. The summed E-state index contributed by atoms with van der Waals surface area (Å²) in [6, 6.07) is 12.1. The Morgan fingerprint density at radius 1 is 1.00 bits per heavy atom. The van der Waals surface area contributed by atoms with Crippen molar-refractivity contribution in [3.8, 4) is 0 Å². The van der Waals surface area contributed by atoms with E-state index in [2.05, 4.69) is 5.32 Å². The summed E-state index contributed by atoms with van der Waals surface area (Å²) >= 11 is 0. The lowest BCUT2D eigenvalue weighted by atomic mass is 10.1. The van der Waals surface area contributed by atoms with Crippen molar-refractivity contribution in [3.05, 3.63) is 64.2 Å². The molecule has 1 N–H and O–H groups in total. The molecule has 0 atom stereocenters. The van der Waals surface area contributed by atoms with Crippen molar-refractivity contribution in [2.45, 2.75) is 37.0 Å². The third kappa shape index (κ3) is 5.18. The van der Waals surface area contributed by atoms with Gasteiger partial charge in [-0.2, -0.15) is 4.31 Å². The quantitative estimate of drug-likeness (QED) is 0.573. The first-order valence-corrected chi connectivity index (χ1v) is 10.9. The van der Waals surface area contributed by atoms with Crippen LogP contribution in [0.1, 0.15) is 31.2 Å². The molecule has 2 aromatic rings. The molecule has 2 aromatic carbocycles. The topological polar surface area (TPSA) is 110 Å². The van der Waals surface area contributed by atoms with E-state index in [4.69, 9.17) is 0 Å². The number of anilines is 1. The van der Waals surface area contributed by atoms with Crippen LogP contribution in [0.4, 0.5) is 11.4 Å². The number of nitro benzene ring substituents is 1. The molecule has 0 unspecified atom stereocenters. The molecule has 9 heteroatoms. The average Bonchev–Trinajstić information content (AvgIpc) is 2.99. The smallest absolute Gasteiger partial charge is 0.273 e. The summed E-state index contributed by atoms with van der Waals surface area (Å²) in [4.78, 5) is 23.0. The maximum Gasteiger partial charge on any atom is 0.273 e. The summed E-state index contributed by atoms with van der Waals surface area (Å²) in [5.74, 6) is -0.414. The zero-order chi connectivity index (χ0) is 20.9. The van der Waals surface area contributed by atoms with Gasteiger partial charge in [0.25, 0.3) is 5.69 Å². The van der Waals surface area contributed by atoms with Crippen molar-refractivity contribution in [3.63, 3.8) is 0 Å². The lowest BCUT2D eigenvalue weighted by Gasteiger charge is -2.20. The summed E-state index contributed by atoms with van der Waals surface area (Å²) in [5, 5.41) is 13.7. The number of rotatable bonds is 6. The van der Waals surface area contributed by atoms with E-state index >= 15 is 0 Å². The van der Waals surface area contributed by atoms with E-state index < -0.39 is 20.9 Å². The first kappa shape index (κ1) is 20.9. The molecular formula is C20H23N3O5S. The monoisotopic (exact) mass is 417 g/mol. The largest absolute Gasteiger partial charge is 0.326 e. The van der Waals surface area contributed by atoms with Gasteiger partial charge in [-0.3, -0.25) is 14.9 Å². The van der Waals surface area contributed by atoms with Gasteiger partial charge in [0.1, 0.15) is 0 Å². The van der Waals surface area contributed by atoms with Crippen LogP contribution in [0, 0.1) is 10.1 Å². The predicted molar refractivity (Wildman–Crippen MR) is 109 cm³/mol. The van der Waals surface area contributed by atoms with Crippen LogP contribution in [0.25, 0.3) is 0 Å². The lowest BCUT2D eigenvalue weighted by Crippen LogP contribution is -2.31. The van der Waals surface area contributed by atoms with Gasteiger partial charge in [-0.25, -0.2) is 8.42 Å². The molecule has 1 aliphatic rings. The van der Waals surface area contributed by atoms with Crippen LogP contribution >= 0.6 is 0 Å². The summed E-state index contributed by atoms with van der Waals surface area (Å²) in [6.45, 7) is 1.05. The number of para-hydroxylation sites is 1. The lowest BCUT2D eigenvalue weighted by molar-refractivity contribution is -0.385. The van der Waals surface area contributed by atoms with Crippen LogP contribution in [0.15, 0.2) is 53.4 Å². The molecule has 0 aliphatic carbocycles. The number of carbonyl (C=O) groups is 1. The molecule has 0 aromatic heterocycles. The zero-order valence-electron chi connectivity index (χ0n) is 15.9. The molecule has 1 saturated heterocycles. The second kappa shape index (κ2) is 9.15. The van der Waals surface area contributed by atoms with E-state index in [0.29, 0.717) is 24.3 Å². The third-order valence-corrected chi connectivity index (χ3v) is 6.79. The Labute approximate surface area is 169 Å². The highest BCUT2D eigenvalue weighted by Gasteiger charge is 2.25. The number of amides is 1. The van der Waals surface area contributed by atoms with Crippen LogP contribution in [-0.4, -0.2) is 36.6 Å². The SMILES string of the molecule is O=C(Cc1ccccc1[N+](=O)[O-])Nc1ccc(S(=O)(=O)N2CCCCCC2)cc1. The van der Waals surface area contributed by atoms with Crippen LogP contribution in [0.3, 0.4) is 0 Å². The van der Waals surface area contributed by atoms with Crippen molar-refractivity contribution < 1.29 is 18.1 Å². The Hall–Kier alpha value is -2.78. The molecule has 0 radical (unpaired) electrons. The first-order valence-electron chi connectivity index (χ1n) is 9.50. The van der Waals surface area contributed by atoms with Gasteiger partial charge < -0.3 is 5.32 Å². The number of hydrogen-bond acceptors (Lipinski definition) is 5. The second-order valence-electron chi connectivity index (χ2n) is 6.95. The Morgan fingerprint density at radius 3 is 2.24 bits per heavy atom. The zero-order valence-corrected chi connectivity index (χ0v) is 16.7. The minimum Gasteiger partial charge on any atom is -0.326 e. The molecule has 1 aliphatic heterocycles. The number of nitrogens with zero attached hydrogens (tertiary/aromatic N) is 2. The fraction of sp³-hybridized carbons (Fsp3) is 0.350. The molecule has 0 bridgehead atoms. The molecule has 29 heavy (non-hydrogen) atoms. The van der Waals surface area contributed by atoms with E-state index in [0.717, 1.165) is 25.7 Å². The third-order valence-electron chi connectivity index (χ3n) is 4.88. The highest BCUT2D eigenvalue weighted by atomic mass is 32.2. The van der Waals surface area contributed by atoms with Crippen molar-refractivity contribution in [1.82, 2.24) is 4.31 Å². The minimum absolute atomic E-state index is 0.110. The van der Waals surface area contributed by atoms with Gasteiger partial charge in [-0.1, -0.05) is 31.0 Å². The van der Waals surface area contributed by atoms with Gasteiger partial charge >= 0.3 is 0 Å². The van der Waals surface area contributed by atoms with Crippen molar-refractivity contribution in [2.24, 2.45) is 0 Å². The first-order chi connectivity index (χ1) is 13.9. The van der Waals surface area contributed by atoms with E-state index in [1.807, 2.05) is 0 Å². The fourth-order valence-electron chi connectivity index (χ4n) is 3.36. The number of sulfonamides is 1. The molecular weight excluding hydrogens is 394 g/mol. The number of nitrogens with one attached hydrogen (secondary N) is 1. The maximum atomic E-state index is 12.8. The normalized spacial score (nSPS) is 15.4. The molecule has 1 heterocycles. The molecule has 3 rings (SSSR count). The van der Waals surface area contributed by atoms with Gasteiger partial charge in [0.15, 0.2) is 0 Å². The van der Waals surface area contributed by atoms with Gasteiger partial charge in [0, 0.05) is 30.4 Å². The van der Waals surface area contributed by atoms with Crippen LogP contribution in [0.5, 0.6) is 0 Å². The van der Waals surface area contributed by atoms with Crippen molar-refractivity contribution in [2.75, 3.05) is 18.4 Å². The van der Waals surface area contributed by atoms with Gasteiger partial charge in [-0.05, 0) is 37.1 Å². The van der Waals surface area contributed by atoms with E-state index in [9.17, 15) is 23.3 Å². The molecule has 0 saturated carbocycles. The predicted octanol–water partition coefficient (Wildman–Crippen LogP) is 3.34.